The number of aromatic amines is 3. The molecule has 9 rings (SSSR count). The van der Waals surface area contributed by atoms with Gasteiger partial charge in [0.1, 0.15) is 11.6 Å². The second-order valence-electron chi connectivity index (χ2n) is 15.3. The van der Waals surface area contributed by atoms with Crippen molar-refractivity contribution in [3.05, 3.63) is 141 Å². The first-order chi connectivity index (χ1) is 30.9. The summed E-state index contributed by atoms with van der Waals surface area (Å²) in [6, 6.07) is 28.4. The molecule has 0 amide bonds. The number of nitrogens with one attached hydrogen (secondary N) is 3. The molecule has 6 heterocycles. The largest absolute Gasteiger partial charge is 0.362 e. The Kier molecular flexibility index (Phi) is 13.3. The summed E-state index contributed by atoms with van der Waals surface area (Å²) in [4.78, 5) is 30.4. The quantitative estimate of drug-likeness (QED) is 0.0869. The number of rotatable bonds is 16. The lowest BCUT2D eigenvalue weighted by Crippen LogP contribution is -2.08. The van der Waals surface area contributed by atoms with Crippen LogP contribution in [0.15, 0.2) is 95.9 Å². The Labute approximate surface area is 363 Å². The van der Waals surface area contributed by atoms with E-state index in [0.717, 1.165) is 125 Å². The molecule has 0 bridgehead atoms. The molecule has 0 spiro atoms. The molecule has 3 aromatic carbocycles. The van der Waals surface area contributed by atoms with Gasteiger partial charge >= 0.3 is 5.69 Å². The van der Waals surface area contributed by atoms with Gasteiger partial charge in [-0.3, -0.25) is 4.98 Å². The summed E-state index contributed by atoms with van der Waals surface area (Å²) in [6.07, 6.45) is 10.8. The summed E-state index contributed by atoms with van der Waals surface area (Å²) in [5.74, 6) is 3.87. The summed E-state index contributed by atoms with van der Waals surface area (Å²) in [5.41, 5.74) is 10.2. The topological polar surface area (TPSA) is 216 Å². The summed E-state index contributed by atoms with van der Waals surface area (Å²) >= 11 is 0. The number of benzene rings is 3. The molecule has 0 aliphatic rings. The van der Waals surface area contributed by atoms with Gasteiger partial charge in [-0.15, -0.1) is 20.4 Å². The number of pyridine rings is 1. The molecule has 0 saturated carbocycles. The minimum Gasteiger partial charge on any atom is -0.256 e. The second kappa shape index (κ2) is 19.9. The second-order valence-corrected chi connectivity index (χ2v) is 15.3. The van der Waals surface area contributed by atoms with Gasteiger partial charge in [-0.05, 0) is 64.9 Å². The van der Waals surface area contributed by atoms with E-state index in [1.54, 1.807) is 4.52 Å². The van der Waals surface area contributed by atoms with Gasteiger partial charge in [-0.1, -0.05) is 119 Å². The van der Waals surface area contributed by atoms with Crippen LogP contribution >= 0.6 is 0 Å². The van der Waals surface area contributed by atoms with Crippen LogP contribution in [0.4, 0.5) is 0 Å². The molecule has 0 aliphatic heterocycles. The molecular weight excluding hydrogens is 793 g/mol. The Balaban J connectivity index is 0.000000173. The van der Waals surface area contributed by atoms with Crippen LogP contribution in [-0.2, 0) is 32.2 Å². The van der Waals surface area contributed by atoms with Crippen LogP contribution in [-0.4, -0.2) is 80.6 Å². The predicted octanol–water partition coefficient (Wildman–Crippen LogP) is 7.37. The van der Waals surface area contributed by atoms with E-state index in [1.165, 1.54) is 0 Å². The van der Waals surface area contributed by atoms with E-state index in [1.807, 2.05) is 72.4 Å². The molecule has 0 aliphatic carbocycles. The first-order valence-electron chi connectivity index (χ1n) is 21.5. The maximum atomic E-state index is 11.9. The Morgan fingerprint density at radius 2 is 1.30 bits per heavy atom. The predicted molar refractivity (Wildman–Crippen MR) is 239 cm³/mol. The summed E-state index contributed by atoms with van der Waals surface area (Å²) < 4.78 is 3.72. The normalized spacial score (nSPS) is 11.2. The van der Waals surface area contributed by atoms with Crippen LogP contribution in [0.1, 0.15) is 92.7 Å². The highest BCUT2D eigenvalue weighted by Crippen LogP contribution is 2.31. The first kappa shape index (κ1) is 42.1. The van der Waals surface area contributed by atoms with Gasteiger partial charge in [0.2, 0.25) is 11.6 Å². The van der Waals surface area contributed by atoms with Crippen LogP contribution < -0.4 is 5.69 Å². The number of tetrazole rings is 2. The van der Waals surface area contributed by atoms with Crippen molar-refractivity contribution in [1.82, 2.24) is 80.6 Å². The molecule has 320 valence electrons. The average molecular weight is 843 g/mol. The minimum absolute atomic E-state index is 0.363. The van der Waals surface area contributed by atoms with Gasteiger partial charge < -0.3 is 0 Å². The third kappa shape index (κ3) is 9.82. The fourth-order valence-electron chi connectivity index (χ4n) is 7.58. The lowest BCUT2D eigenvalue weighted by molar-refractivity contribution is 0.611. The Morgan fingerprint density at radius 3 is 1.94 bits per heavy atom. The summed E-state index contributed by atoms with van der Waals surface area (Å²) in [5, 5.41) is 36.3. The maximum Gasteiger partial charge on any atom is 0.362 e. The molecule has 9 aromatic rings. The SMILES string of the molecule is CCCCc1nc(CCCC)n(Cc2ccc(-c3ccccc3-c3nn[nH]n3)nc2)n1.CCCc1nc(C)n2[nH]c(=O)nc2c1Cc1ccc(-c2ccccc2-c2nn[nH]n2)cc1. The zero-order valence-corrected chi connectivity index (χ0v) is 36.0. The van der Waals surface area contributed by atoms with Crippen LogP contribution in [0.2, 0.25) is 0 Å². The van der Waals surface area contributed by atoms with E-state index in [2.05, 4.69) is 102 Å². The fourth-order valence-corrected chi connectivity index (χ4v) is 7.58. The number of fused-ring (bicyclic) bond motifs is 1. The van der Waals surface area contributed by atoms with Crippen molar-refractivity contribution >= 4 is 5.65 Å². The Morgan fingerprint density at radius 1 is 0.651 bits per heavy atom. The molecule has 0 radical (unpaired) electrons. The number of aryl methyl sites for hydroxylation is 4. The van der Waals surface area contributed by atoms with Gasteiger partial charge in [-0.2, -0.15) is 20.5 Å². The Hall–Kier alpha value is -7.56. The van der Waals surface area contributed by atoms with Gasteiger partial charge in [0.25, 0.3) is 0 Å². The van der Waals surface area contributed by atoms with Crippen molar-refractivity contribution < 1.29 is 0 Å². The number of hydrogen-bond donors (Lipinski definition) is 3. The fraction of sp³-hybridized carbons (Fsp3) is 0.304. The van der Waals surface area contributed by atoms with Crippen LogP contribution in [0, 0.1) is 6.92 Å². The summed E-state index contributed by atoms with van der Waals surface area (Å²) in [6.45, 7) is 9.08. The smallest absolute Gasteiger partial charge is 0.256 e. The summed E-state index contributed by atoms with van der Waals surface area (Å²) in [7, 11) is 0. The van der Waals surface area contributed by atoms with E-state index >= 15 is 0 Å². The third-order valence-electron chi connectivity index (χ3n) is 10.8. The highest BCUT2D eigenvalue weighted by Gasteiger charge is 2.17. The van der Waals surface area contributed by atoms with Crippen molar-refractivity contribution in [1.29, 1.82) is 0 Å². The molecule has 0 atom stereocenters. The van der Waals surface area contributed by atoms with Gasteiger partial charge in [0, 0.05) is 53.4 Å². The molecule has 6 aromatic heterocycles. The monoisotopic (exact) mass is 842 g/mol. The minimum atomic E-state index is -0.363. The highest BCUT2D eigenvalue weighted by molar-refractivity contribution is 5.80. The van der Waals surface area contributed by atoms with Gasteiger partial charge in [-0.25, -0.2) is 29.1 Å². The number of H-pyrrole nitrogens is 3. The molecule has 63 heavy (non-hydrogen) atoms. The molecule has 17 heteroatoms. The standard InChI is InChI=1S/C23H22N8O.C23H28N8/c1-3-6-20-19(22-25-23(32)28-31(22)14(2)24-20)13-15-9-11-16(12-10-15)17-7-4-5-8-18(17)21-26-29-30-27-21;1-3-5-11-21-25-22(12-6-4-2)31(28-21)16-17-13-14-20(24-15-17)18-9-7-8-10-19(18)23-26-29-30-27-23/h4-5,7-12H,3,6,13H2,1-2H3,(H,28,32)(H,26,27,29,30);7-10,13-15H,3-6,11-12,16H2,1-2H3,(H,26,27,29,30). The lowest BCUT2D eigenvalue weighted by atomic mass is 9.96. The maximum absolute atomic E-state index is 11.9. The zero-order valence-electron chi connectivity index (χ0n) is 36.0. The van der Waals surface area contributed by atoms with Gasteiger partial charge in [0.15, 0.2) is 11.5 Å². The van der Waals surface area contributed by atoms with Crippen molar-refractivity contribution in [2.24, 2.45) is 0 Å². The number of aromatic nitrogens is 16. The highest BCUT2D eigenvalue weighted by atomic mass is 16.1. The van der Waals surface area contributed by atoms with Crippen LogP contribution in [0.25, 0.3) is 50.8 Å². The van der Waals surface area contributed by atoms with E-state index < -0.39 is 0 Å². The first-order valence-corrected chi connectivity index (χ1v) is 21.5. The molecule has 0 unspecified atom stereocenters. The number of nitrogens with zero attached hydrogens (tertiary/aromatic N) is 13. The Bertz CT molecular complexity index is 2910. The van der Waals surface area contributed by atoms with Crippen LogP contribution in [0.5, 0.6) is 0 Å². The van der Waals surface area contributed by atoms with E-state index in [4.69, 9.17) is 20.1 Å². The molecule has 0 saturated heterocycles. The molecule has 3 N–H and O–H groups in total. The number of hydrogen-bond acceptors (Lipinski definition) is 12. The van der Waals surface area contributed by atoms with Crippen molar-refractivity contribution in [3.8, 4) is 45.2 Å². The van der Waals surface area contributed by atoms with E-state index in [-0.39, 0.29) is 5.69 Å². The van der Waals surface area contributed by atoms with Gasteiger partial charge in [0.05, 0.1) is 12.2 Å². The van der Waals surface area contributed by atoms with Crippen molar-refractivity contribution in [2.75, 3.05) is 0 Å². The van der Waals surface area contributed by atoms with E-state index in [9.17, 15) is 4.79 Å². The molecule has 17 nitrogen and oxygen atoms in total. The lowest BCUT2D eigenvalue weighted by Gasteiger charge is -2.12. The van der Waals surface area contributed by atoms with Crippen LogP contribution in [0.3, 0.4) is 0 Å². The van der Waals surface area contributed by atoms with Crippen molar-refractivity contribution in [2.45, 2.75) is 92.0 Å². The molecular formula is C46H50N16O. The third-order valence-corrected chi connectivity index (χ3v) is 10.8. The number of unbranched alkanes of at least 4 members (excludes halogenated alkanes) is 2. The van der Waals surface area contributed by atoms with Crippen molar-refractivity contribution in [3.63, 3.8) is 0 Å². The average Bonchev–Trinajstić information content (AvgIpc) is 4.17. The van der Waals surface area contributed by atoms with E-state index in [0.29, 0.717) is 30.3 Å². The zero-order chi connectivity index (χ0) is 43.5. The molecule has 0 fully saturated rings.